The molecule has 3 rings (SSSR count). The number of hydrogen-bond acceptors (Lipinski definition) is 3. The largest absolute Gasteiger partial charge is 0.456 e. The molecule has 1 aromatic carbocycles. The minimum Gasteiger partial charge on any atom is -0.456 e. The lowest BCUT2D eigenvalue weighted by atomic mass is 10.2. The predicted octanol–water partition coefficient (Wildman–Crippen LogP) is 2.15. The van der Waals surface area contributed by atoms with Crippen molar-refractivity contribution >= 4 is 22.7 Å². The fraction of sp³-hybridized carbons (Fsp3) is 0.125. The number of furan rings is 1. The second-order valence-corrected chi connectivity index (χ2v) is 4.99. The van der Waals surface area contributed by atoms with Crippen molar-refractivity contribution in [2.75, 3.05) is 0 Å². The van der Waals surface area contributed by atoms with Gasteiger partial charge in [-0.05, 0) is 25.1 Å². The Bertz CT molecular complexity index is 861. The van der Waals surface area contributed by atoms with Crippen LogP contribution in [0.25, 0.3) is 10.9 Å². The molecular formula is C16H15N3O3. The van der Waals surface area contributed by atoms with Crippen LogP contribution in [0, 0.1) is 6.92 Å². The summed E-state index contributed by atoms with van der Waals surface area (Å²) in [4.78, 5) is 24.1. The molecule has 0 radical (unpaired) electrons. The van der Waals surface area contributed by atoms with E-state index in [9.17, 15) is 9.59 Å². The molecule has 0 fully saturated rings. The number of hydrogen-bond donors (Lipinski definition) is 2. The van der Waals surface area contributed by atoms with Gasteiger partial charge in [-0.3, -0.25) is 20.4 Å². The average Bonchev–Trinajstić information content (AvgIpc) is 3.09. The highest BCUT2D eigenvalue weighted by Gasteiger charge is 2.15. The first-order chi connectivity index (χ1) is 10.6. The summed E-state index contributed by atoms with van der Waals surface area (Å²) in [5.41, 5.74) is 6.18. The van der Waals surface area contributed by atoms with Gasteiger partial charge in [0.25, 0.3) is 5.91 Å². The summed E-state index contributed by atoms with van der Waals surface area (Å²) in [6, 6.07) is 10.8. The van der Waals surface area contributed by atoms with Crippen LogP contribution >= 0.6 is 0 Å². The first-order valence-electron chi connectivity index (χ1n) is 6.77. The zero-order chi connectivity index (χ0) is 15.7. The average molecular weight is 297 g/mol. The van der Waals surface area contributed by atoms with Gasteiger partial charge in [0.05, 0.1) is 5.56 Å². The molecule has 3 aromatic rings. The minimum atomic E-state index is -0.498. The van der Waals surface area contributed by atoms with E-state index in [4.69, 9.17) is 4.42 Å². The summed E-state index contributed by atoms with van der Waals surface area (Å²) in [5.74, 6) is -0.101. The topological polar surface area (TPSA) is 76.3 Å². The smallest absolute Gasteiger partial charge is 0.305 e. The molecule has 2 heterocycles. The van der Waals surface area contributed by atoms with Gasteiger partial charge in [-0.25, -0.2) is 0 Å². The summed E-state index contributed by atoms with van der Waals surface area (Å²) in [7, 11) is 1.86. The standard InChI is InChI=1S/C16H15N3O3/c1-10-7-8-14(22-10)16(21)18-17-15(20)12-9-19(2)13-6-4-3-5-11(12)13/h3-9H,1-2H3,(H,17,20)(H,18,21). The Hall–Kier alpha value is -3.02. The van der Waals surface area contributed by atoms with Crippen LogP contribution in [0.2, 0.25) is 0 Å². The molecule has 0 atom stereocenters. The SMILES string of the molecule is Cc1ccc(C(=O)NNC(=O)c2cn(C)c3ccccc23)o1. The van der Waals surface area contributed by atoms with Crippen LogP contribution in [0.1, 0.15) is 26.7 Å². The molecule has 0 spiro atoms. The fourth-order valence-electron chi connectivity index (χ4n) is 2.32. The molecule has 112 valence electrons. The molecular weight excluding hydrogens is 282 g/mol. The van der Waals surface area contributed by atoms with Gasteiger partial charge in [0, 0.05) is 24.1 Å². The maximum Gasteiger partial charge on any atom is 0.305 e. The quantitative estimate of drug-likeness (QED) is 0.712. The van der Waals surface area contributed by atoms with Crippen LogP contribution in [0.4, 0.5) is 0 Å². The zero-order valence-electron chi connectivity index (χ0n) is 12.2. The van der Waals surface area contributed by atoms with E-state index in [0.29, 0.717) is 11.3 Å². The highest BCUT2D eigenvalue weighted by Crippen LogP contribution is 2.19. The van der Waals surface area contributed by atoms with E-state index in [-0.39, 0.29) is 11.7 Å². The van der Waals surface area contributed by atoms with Crippen LogP contribution in [0.15, 0.2) is 47.0 Å². The Labute approximate surface area is 126 Å². The number of fused-ring (bicyclic) bond motifs is 1. The molecule has 6 heteroatoms. The fourth-order valence-corrected chi connectivity index (χ4v) is 2.32. The Morgan fingerprint density at radius 2 is 1.77 bits per heavy atom. The summed E-state index contributed by atoms with van der Waals surface area (Å²) >= 11 is 0. The number of rotatable bonds is 2. The molecule has 0 unspecified atom stereocenters. The first kappa shape index (κ1) is 13.9. The van der Waals surface area contributed by atoms with Crippen LogP contribution < -0.4 is 10.9 Å². The lowest BCUT2D eigenvalue weighted by Crippen LogP contribution is -2.41. The number of aryl methyl sites for hydroxylation is 2. The molecule has 22 heavy (non-hydrogen) atoms. The van der Waals surface area contributed by atoms with Crippen molar-refractivity contribution in [2.45, 2.75) is 6.92 Å². The minimum absolute atomic E-state index is 0.149. The summed E-state index contributed by atoms with van der Waals surface area (Å²) in [6.07, 6.45) is 1.73. The first-order valence-corrected chi connectivity index (χ1v) is 6.77. The van der Waals surface area contributed by atoms with Gasteiger partial charge in [-0.15, -0.1) is 0 Å². The molecule has 0 saturated heterocycles. The summed E-state index contributed by atoms with van der Waals surface area (Å²) in [5, 5.41) is 0.825. The van der Waals surface area contributed by atoms with Gasteiger partial charge in [0.1, 0.15) is 5.76 Å². The molecule has 0 saturated carbocycles. The number of hydrazine groups is 1. The van der Waals surface area contributed by atoms with Gasteiger partial charge in [0.15, 0.2) is 5.76 Å². The van der Waals surface area contributed by atoms with E-state index >= 15 is 0 Å². The van der Waals surface area contributed by atoms with Gasteiger partial charge in [0.2, 0.25) is 0 Å². The van der Waals surface area contributed by atoms with E-state index in [1.807, 2.05) is 35.9 Å². The second kappa shape index (κ2) is 5.40. The molecule has 0 aliphatic heterocycles. The number of amides is 2. The van der Waals surface area contributed by atoms with Crippen LogP contribution in [-0.2, 0) is 7.05 Å². The van der Waals surface area contributed by atoms with Crippen molar-refractivity contribution in [1.82, 2.24) is 15.4 Å². The molecule has 0 aliphatic rings. The Balaban J connectivity index is 1.75. The van der Waals surface area contributed by atoms with Crippen molar-refractivity contribution in [2.24, 2.45) is 7.05 Å². The van der Waals surface area contributed by atoms with E-state index in [1.54, 1.807) is 25.3 Å². The van der Waals surface area contributed by atoms with Crippen LogP contribution in [0.3, 0.4) is 0 Å². The highest BCUT2D eigenvalue weighted by atomic mass is 16.3. The highest BCUT2D eigenvalue weighted by molar-refractivity contribution is 6.07. The zero-order valence-corrected chi connectivity index (χ0v) is 12.2. The lowest BCUT2D eigenvalue weighted by Gasteiger charge is -2.05. The third-order valence-electron chi connectivity index (χ3n) is 3.40. The number of nitrogens with one attached hydrogen (secondary N) is 2. The van der Waals surface area contributed by atoms with Gasteiger partial charge >= 0.3 is 5.91 Å². The summed E-state index contributed by atoms with van der Waals surface area (Å²) < 4.78 is 7.05. The summed E-state index contributed by atoms with van der Waals surface area (Å²) in [6.45, 7) is 1.74. The molecule has 6 nitrogen and oxygen atoms in total. The Morgan fingerprint density at radius 1 is 1.05 bits per heavy atom. The number of benzene rings is 1. The molecule has 2 amide bonds. The lowest BCUT2D eigenvalue weighted by molar-refractivity contribution is 0.0831. The van der Waals surface area contributed by atoms with Crippen molar-refractivity contribution < 1.29 is 14.0 Å². The normalized spacial score (nSPS) is 10.6. The monoisotopic (exact) mass is 297 g/mol. The number of aromatic nitrogens is 1. The van der Waals surface area contributed by atoms with E-state index in [1.165, 1.54) is 0 Å². The predicted molar refractivity (Wildman–Crippen MR) is 81.3 cm³/mol. The van der Waals surface area contributed by atoms with Crippen molar-refractivity contribution in [3.05, 3.63) is 59.7 Å². The number of carbonyl (C=O) groups excluding carboxylic acids is 2. The molecule has 0 bridgehead atoms. The van der Waals surface area contributed by atoms with E-state index in [2.05, 4.69) is 10.9 Å². The number of nitrogens with zero attached hydrogens (tertiary/aromatic N) is 1. The van der Waals surface area contributed by atoms with Crippen LogP contribution in [-0.4, -0.2) is 16.4 Å². The van der Waals surface area contributed by atoms with E-state index < -0.39 is 5.91 Å². The van der Waals surface area contributed by atoms with Gasteiger partial charge < -0.3 is 8.98 Å². The second-order valence-electron chi connectivity index (χ2n) is 4.99. The maximum atomic E-state index is 12.2. The molecule has 2 N–H and O–H groups in total. The third-order valence-corrected chi connectivity index (χ3v) is 3.40. The third kappa shape index (κ3) is 2.46. The molecule has 0 aliphatic carbocycles. The number of para-hydroxylation sites is 1. The Morgan fingerprint density at radius 3 is 2.50 bits per heavy atom. The number of carbonyl (C=O) groups is 2. The Kier molecular flexibility index (Phi) is 3.42. The van der Waals surface area contributed by atoms with E-state index in [0.717, 1.165) is 10.9 Å². The van der Waals surface area contributed by atoms with Gasteiger partial charge in [-0.2, -0.15) is 0 Å². The van der Waals surface area contributed by atoms with Crippen LogP contribution in [0.5, 0.6) is 0 Å². The van der Waals surface area contributed by atoms with Crippen molar-refractivity contribution in [3.63, 3.8) is 0 Å². The van der Waals surface area contributed by atoms with Crippen molar-refractivity contribution in [1.29, 1.82) is 0 Å². The molecule has 2 aromatic heterocycles. The maximum absolute atomic E-state index is 12.2. The van der Waals surface area contributed by atoms with Gasteiger partial charge in [-0.1, -0.05) is 18.2 Å². The van der Waals surface area contributed by atoms with Crippen molar-refractivity contribution in [3.8, 4) is 0 Å².